The van der Waals surface area contributed by atoms with E-state index >= 15 is 0 Å². The van der Waals surface area contributed by atoms with E-state index in [1.54, 1.807) is 32.9 Å². The van der Waals surface area contributed by atoms with Gasteiger partial charge in [-0.15, -0.1) is 6.58 Å². The van der Waals surface area contributed by atoms with Crippen LogP contribution in [0.15, 0.2) is 66.2 Å². The number of ether oxygens (including phenoxy) is 1. The Kier molecular flexibility index (Phi) is 8.83. The first-order valence-electron chi connectivity index (χ1n) is 14.9. The molecule has 1 aliphatic heterocycles. The number of aromatic nitrogens is 1. The molecule has 1 aromatic heterocycles. The Labute approximate surface area is 276 Å². The molecule has 3 aromatic rings. The number of hydrogen-bond donors (Lipinski definition) is 3. The maximum absolute atomic E-state index is 13.9. The average Bonchev–Trinajstić information content (AvgIpc) is 3.29. The van der Waals surface area contributed by atoms with Crippen molar-refractivity contribution in [3.63, 3.8) is 0 Å². The number of carbonyl (C=O) groups excluding carboxylic acids is 3. The molecule has 4 atom stereocenters. The van der Waals surface area contributed by atoms with E-state index in [-0.39, 0.29) is 22.9 Å². The number of nitrogens with zero attached hydrogens (tertiary/aromatic N) is 1. The van der Waals surface area contributed by atoms with Gasteiger partial charge >= 0.3 is 18.4 Å². The Morgan fingerprint density at radius 1 is 1.00 bits per heavy atom. The van der Waals surface area contributed by atoms with Gasteiger partial charge in [-0.25, -0.2) is 17.9 Å². The summed E-state index contributed by atoms with van der Waals surface area (Å²) in [6.07, 6.45) is -8.63. The number of nitrogens with one attached hydrogen (secondary N) is 3. The number of fused-ring (bicyclic) bond motifs is 1. The molecule has 0 bridgehead atoms. The molecule has 1 aliphatic carbocycles. The van der Waals surface area contributed by atoms with Crippen LogP contribution in [0.25, 0.3) is 10.9 Å². The number of alkyl halides is 6. The molecule has 17 heteroatoms. The van der Waals surface area contributed by atoms with Gasteiger partial charge in [0.05, 0.1) is 22.6 Å². The van der Waals surface area contributed by atoms with Crippen molar-refractivity contribution >= 4 is 38.8 Å². The molecule has 2 aromatic carbocycles. The standard InChI is InChI=1S/C32H32F6N4O6S/c1-5-19-14-30(19,27(44)41-49(46,47)24-8-6-7-17-9-10-39-25(17)24)40-26(43)23-16-42(28(45)48-29(2,3)4)15-22(23)18-11-20(31(33,34)35)13-21(12-18)32(36,37)38/h5-13,19,22-23,39H,1,14-16H2,2-4H3,(H,40,43)(H,41,44)/t19-,22+,23-,30-/m1/s1. The summed E-state index contributed by atoms with van der Waals surface area (Å²) in [5, 5.41) is 3.04. The maximum atomic E-state index is 13.9. The molecule has 264 valence electrons. The normalized spacial score (nSPS) is 22.9. The SMILES string of the molecule is C=C[C@@H]1C[C@]1(NC(=O)[C@@H]1CN(C(=O)OC(C)(C)C)C[C@H]1c1cc(C(F)(F)F)cc(C(F)(F)F)c1)C(=O)NS(=O)(=O)c1cccc2cc[nH]c12. The fourth-order valence-corrected chi connectivity index (χ4v) is 7.21. The number of likely N-dealkylation sites (tertiary alicyclic amines) is 1. The van der Waals surface area contributed by atoms with E-state index < -0.39 is 99.0 Å². The van der Waals surface area contributed by atoms with Crippen LogP contribution >= 0.6 is 0 Å². The molecule has 1 saturated carbocycles. The number of halogens is 6. The van der Waals surface area contributed by atoms with E-state index in [1.165, 1.54) is 24.4 Å². The summed E-state index contributed by atoms with van der Waals surface area (Å²) in [6.45, 7) is 7.26. The molecule has 0 spiro atoms. The molecule has 2 heterocycles. The van der Waals surface area contributed by atoms with Crippen molar-refractivity contribution in [1.29, 1.82) is 0 Å². The zero-order valence-electron chi connectivity index (χ0n) is 26.3. The van der Waals surface area contributed by atoms with Gasteiger partial charge in [-0.2, -0.15) is 26.3 Å². The predicted molar refractivity (Wildman–Crippen MR) is 163 cm³/mol. The van der Waals surface area contributed by atoms with Crippen LogP contribution in [0, 0.1) is 11.8 Å². The van der Waals surface area contributed by atoms with Gasteiger partial charge in [0.1, 0.15) is 16.0 Å². The number of hydrogen-bond acceptors (Lipinski definition) is 6. The van der Waals surface area contributed by atoms with E-state index in [1.807, 2.05) is 4.72 Å². The van der Waals surface area contributed by atoms with Crippen LogP contribution in [0.3, 0.4) is 0 Å². The number of carbonyl (C=O) groups is 3. The van der Waals surface area contributed by atoms with E-state index in [0.717, 1.165) is 4.90 Å². The van der Waals surface area contributed by atoms with Crippen molar-refractivity contribution in [3.05, 3.63) is 78.0 Å². The quantitative estimate of drug-likeness (QED) is 0.212. The highest BCUT2D eigenvalue weighted by Gasteiger charge is 2.61. The Bertz CT molecular complexity index is 1900. The van der Waals surface area contributed by atoms with E-state index in [0.29, 0.717) is 17.5 Å². The third-order valence-corrected chi connectivity index (χ3v) is 9.84. The van der Waals surface area contributed by atoms with Gasteiger partial charge in [0.2, 0.25) is 5.91 Å². The summed E-state index contributed by atoms with van der Waals surface area (Å²) in [5.74, 6) is -5.81. The van der Waals surface area contributed by atoms with Crippen molar-refractivity contribution in [2.75, 3.05) is 13.1 Å². The number of benzene rings is 2. The second kappa shape index (κ2) is 12.1. The number of H-pyrrole nitrogens is 1. The summed E-state index contributed by atoms with van der Waals surface area (Å²) < 4.78 is 117. The summed E-state index contributed by atoms with van der Waals surface area (Å²) in [5.41, 5.74) is -6.43. The molecule has 10 nitrogen and oxygen atoms in total. The van der Waals surface area contributed by atoms with Crippen molar-refractivity contribution in [3.8, 4) is 0 Å². The summed E-state index contributed by atoms with van der Waals surface area (Å²) >= 11 is 0. The van der Waals surface area contributed by atoms with Crippen molar-refractivity contribution in [1.82, 2.24) is 19.9 Å². The third kappa shape index (κ3) is 7.26. The first kappa shape index (κ1) is 35.8. The summed E-state index contributed by atoms with van der Waals surface area (Å²) in [7, 11) is -4.51. The van der Waals surface area contributed by atoms with Crippen LogP contribution < -0.4 is 10.0 Å². The lowest BCUT2D eigenvalue weighted by molar-refractivity contribution is -0.143. The molecule has 0 unspecified atom stereocenters. The smallest absolute Gasteiger partial charge is 0.416 e. The topological polar surface area (TPSA) is 138 Å². The van der Waals surface area contributed by atoms with Crippen LogP contribution in [0.4, 0.5) is 31.1 Å². The van der Waals surface area contributed by atoms with Gasteiger partial charge in [-0.1, -0.05) is 18.2 Å². The lowest BCUT2D eigenvalue weighted by Crippen LogP contribution is -2.53. The number of para-hydroxylation sites is 1. The number of aromatic amines is 1. The van der Waals surface area contributed by atoms with E-state index in [2.05, 4.69) is 16.9 Å². The monoisotopic (exact) mass is 714 g/mol. The van der Waals surface area contributed by atoms with Crippen LogP contribution in [0.2, 0.25) is 0 Å². The minimum atomic E-state index is -5.18. The van der Waals surface area contributed by atoms with Crippen molar-refractivity contribution < 1.29 is 53.9 Å². The Balaban J connectivity index is 1.49. The minimum Gasteiger partial charge on any atom is -0.444 e. The first-order chi connectivity index (χ1) is 22.6. The molecule has 1 saturated heterocycles. The third-order valence-electron chi connectivity index (χ3n) is 8.46. The van der Waals surface area contributed by atoms with Crippen molar-refractivity contribution in [2.45, 2.75) is 61.5 Å². The van der Waals surface area contributed by atoms with E-state index in [4.69, 9.17) is 4.74 Å². The average molecular weight is 715 g/mol. The van der Waals surface area contributed by atoms with Crippen LogP contribution in [-0.2, 0) is 36.7 Å². The fraction of sp³-hybridized carbons (Fsp3) is 0.406. The van der Waals surface area contributed by atoms with Crippen LogP contribution in [-0.4, -0.2) is 60.4 Å². The zero-order chi connectivity index (χ0) is 36.3. The van der Waals surface area contributed by atoms with Crippen LogP contribution in [0.1, 0.15) is 49.8 Å². The minimum absolute atomic E-state index is 0.0501. The van der Waals surface area contributed by atoms with E-state index in [9.17, 15) is 49.1 Å². The summed E-state index contributed by atoms with van der Waals surface area (Å²) in [4.78, 5) is 44.1. The maximum Gasteiger partial charge on any atom is 0.416 e. The predicted octanol–water partition coefficient (Wildman–Crippen LogP) is 5.72. The molecule has 3 amide bonds. The Hall–Kier alpha value is -4.54. The highest BCUT2D eigenvalue weighted by atomic mass is 32.2. The van der Waals surface area contributed by atoms with Gasteiger partial charge in [0.15, 0.2) is 0 Å². The first-order valence-corrected chi connectivity index (χ1v) is 16.4. The van der Waals surface area contributed by atoms with Gasteiger partial charge in [-0.05, 0) is 63.1 Å². The highest BCUT2D eigenvalue weighted by Crippen LogP contribution is 2.47. The molecule has 0 radical (unpaired) electrons. The molecular formula is C32H32F6N4O6S. The Morgan fingerprint density at radius 2 is 1.63 bits per heavy atom. The molecule has 5 rings (SSSR count). The second-order valence-electron chi connectivity index (χ2n) is 13.1. The van der Waals surface area contributed by atoms with Gasteiger partial charge in [0, 0.05) is 36.5 Å². The molecule has 3 N–H and O–H groups in total. The largest absolute Gasteiger partial charge is 0.444 e. The van der Waals surface area contributed by atoms with Gasteiger partial charge in [0.25, 0.3) is 15.9 Å². The number of amides is 3. The number of rotatable bonds is 7. The molecule has 2 aliphatic rings. The molecule has 2 fully saturated rings. The van der Waals surface area contributed by atoms with Gasteiger partial charge in [-0.3, -0.25) is 9.59 Å². The second-order valence-corrected chi connectivity index (χ2v) is 14.7. The van der Waals surface area contributed by atoms with Gasteiger partial charge < -0.3 is 19.9 Å². The number of sulfonamides is 1. The Morgan fingerprint density at radius 3 is 2.18 bits per heavy atom. The van der Waals surface area contributed by atoms with Crippen molar-refractivity contribution in [2.24, 2.45) is 11.8 Å². The lowest BCUT2D eigenvalue weighted by Gasteiger charge is -2.24. The zero-order valence-corrected chi connectivity index (χ0v) is 27.1. The molecular weight excluding hydrogens is 682 g/mol. The lowest BCUT2D eigenvalue weighted by atomic mass is 9.86. The molecule has 49 heavy (non-hydrogen) atoms. The highest BCUT2D eigenvalue weighted by molar-refractivity contribution is 7.90. The fourth-order valence-electron chi connectivity index (χ4n) is 5.97. The summed E-state index contributed by atoms with van der Waals surface area (Å²) in [6, 6.07) is 6.90. The van der Waals surface area contributed by atoms with Crippen LogP contribution in [0.5, 0.6) is 0 Å².